The van der Waals surface area contributed by atoms with E-state index in [4.69, 9.17) is 15.0 Å². The topological polar surface area (TPSA) is 57.5 Å². The Morgan fingerprint density at radius 1 is 1.40 bits per heavy atom. The molecule has 2 N–H and O–H groups in total. The Hall–Kier alpha value is 1.08. The molecule has 0 atom stereocenters. The fraction of sp³-hybridized carbons (Fsp3) is 0. The third-order valence-electron chi connectivity index (χ3n) is 0. The minimum atomic E-state index is -1.83. The molecule has 4 heteroatoms. The number of rotatable bonds is 0. The minimum Gasteiger partial charge on any atom is -0.450 e. The van der Waals surface area contributed by atoms with E-state index < -0.39 is 6.16 Å². The van der Waals surface area contributed by atoms with E-state index in [1.807, 2.05) is 0 Å². The molecule has 0 spiro atoms. The van der Waals surface area contributed by atoms with Crippen LogP contribution in [0.5, 0.6) is 0 Å². The van der Waals surface area contributed by atoms with E-state index in [1.54, 1.807) is 0 Å². The molecule has 0 unspecified atom stereocenters. The monoisotopic (exact) mass is 147 g/mol. The Bertz CT molecular complexity index is 29.9. The summed E-state index contributed by atoms with van der Waals surface area (Å²) >= 11 is 0. The molecular formula is CH2O3Rb. The Morgan fingerprint density at radius 3 is 1.40 bits per heavy atom. The molecule has 0 aliphatic rings. The second-order valence-corrected chi connectivity index (χ2v) is 0.283. The molecule has 0 saturated heterocycles. The maximum absolute atomic E-state index is 8.56. The Kier molecular flexibility index (Phi) is 9.56. The molecule has 0 aromatic rings. The summed E-state index contributed by atoms with van der Waals surface area (Å²) in [4.78, 5) is 8.56. The quantitative estimate of drug-likeness (QED) is 0.501. The van der Waals surface area contributed by atoms with Crippen molar-refractivity contribution in [3.63, 3.8) is 0 Å². The van der Waals surface area contributed by atoms with Crippen molar-refractivity contribution in [2.45, 2.75) is 0 Å². The maximum atomic E-state index is 8.56. The van der Waals surface area contributed by atoms with Gasteiger partial charge in [-0.15, -0.1) is 0 Å². The van der Waals surface area contributed by atoms with Crippen molar-refractivity contribution in [1.29, 1.82) is 0 Å². The summed E-state index contributed by atoms with van der Waals surface area (Å²) in [6.07, 6.45) is -1.83. The van der Waals surface area contributed by atoms with E-state index >= 15 is 0 Å². The Labute approximate surface area is 77.8 Å². The van der Waals surface area contributed by atoms with Crippen molar-refractivity contribution in [3.8, 4) is 0 Å². The molecule has 0 aliphatic carbocycles. The van der Waals surface area contributed by atoms with Crippen LogP contribution in [0.25, 0.3) is 0 Å². The molecule has 0 heterocycles. The van der Waals surface area contributed by atoms with Gasteiger partial charge in [-0.25, -0.2) is 4.79 Å². The van der Waals surface area contributed by atoms with E-state index in [9.17, 15) is 0 Å². The SMILES string of the molecule is O=C(O)O.[Rb]. The number of hydrogen-bond donors (Lipinski definition) is 2. The third kappa shape index (κ3) is 41.5. The summed E-state index contributed by atoms with van der Waals surface area (Å²) in [7, 11) is 0. The van der Waals surface area contributed by atoms with Crippen LogP contribution >= 0.6 is 0 Å². The van der Waals surface area contributed by atoms with Crippen molar-refractivity contribution in [1.82, 2.24) is 0 Å². The summed E-state index contributed by atoms with van der Waals surface area (Å²) in [5, 5.41) is 13.9. The van der Waals surface area contributed by atoms with Crippen LogP contribution in [0.3, 0.4) is 0 Å². The van der Waals surface area contributed by atoms with Crippen molar-refractivity contribution in [3.05, 3.63) is 0 Å². The van der Waals surface area contributed by atoms with Gasteiger partial charge < -0.3 is 10.2 Å². The van der Waals surface area contributed by atoms with Crippen LogP contribution in [-0.2, 0) is 0 Å². The smallest absolute Gasteiger partial charge is 0.450 e. The molecule has 0 amide bonds. The summed E-state index contributed by atoms with van der Waals surface area (Å²) in [5.41, 5.74) is 0. The van der Waals surface area contributed by atoms with Crippen molar-refractivity contribution in [2.75, 3.05) is 0 Å². The average molecular weight is 147 g/mol. The predicted octanol–water partition coefficient (Wildman–Crippen LogP) is -0.158. The molecule has 0 fully saturated rings. The molecule has 5 heavy (non-hydrogen) atoms. The second-order valence-electron chi connectivity index (χ2n) is 0.283. The molecule has 1 radical (unpaired) electrons. The first kappa shape index (κ1) is 9.42. The standard InChI is InChI=1S/CH2O3.Rb/c2-1(3)4;/h(H2,2,3,4);. The van der Waals surface area contributed by atoms with Crippen LogP contribution < -0.4 is 0 Å². The molecule has 25 valence electrons. The van der Waals surface area contributed by atoms with Crippen LogP contribution in [0.15, 0.2) is 0 Å². The van der Waals surface area contributed by atoms with E-state index in [-0.39, 0.29) is 58.2 Å². The van der Waals surface area contributed by atoms with Gasteiger partial charge in [0.15, 0.2) is 0 Å². The van der Waals surface area contributed by atoms with Gasteiger partial charge in [-0.05, 0) is 0 Å². The van der Waals surface area contributed by atoms with E-state index in [1.165, 1.54) is 0 Å². The van der Waals surface area contributed by atoms with Gasteiger partial charge in [0.05, 0.1) is 0 Å². The second kappa shape index (κ2) is 5.08. The molecule has 0 bridgehead atoms. The zero-order chi connectivity index (χ0) is 3.58. The zero-order valence-electron chi connectivity index (χ0n) is 2.80. The van der Waals surface area contributed by atoms with Crippen LogP contribution in [0.2, 0.25) is 0 Å². The first-order chi connectivity index (χ1) is 1.73. The van der Waals surface area contributed by atoms with Gasteiger partial charge in [0.25, 0.3) is 0 Å². The normalized spacial score (nSPS) is 4.80. The summed E-state index contributed by atoms with van der Waals surface area (Å²) < 4.78 is 0. The van der Waals surface area contributed by atoms with Gasteiger partial charge in [-0.1, -0.05) is 0 Å². The number of hydrogen-bond acceptors (Lipinski definition) is 1. The van der Waals surface area contributed by atoms with Gasteiger partial charge in [-0.2, -0.15) is 0 Å². The van der Waals surface area contributed by atoms with Crippen LogP contribution in [-0.4, -0.2) is 74.6 Å². The fourth-order valence-electron chi connectivity index (χ4n) is 0. The molecule has 0 saturated carbocycles. The molecule has 0 rings (SSSR count). The molecular weight excluding hydrogens is 145 g/mol. The molecule has 0 aromatic carbocycles. The number of carbonyl (C=O) groups is 1. The van der Waals surface area contributed by atoms with Crippen molar-refractivity contribution < 1.29 is 15.0 Å². The predicted molar refractivity (Wildman–Crippen MR) is 16.4 cm³/mol. The van der Waals surface area contributed by atoms with Crippen molar-refractivity contribution in [2.24, 2.45) is 0 Å². The van der Waals surface area contributed by atoms with Gasteiger partial charge in [0.2, 0.25) is 0 Å². The van der Waals surface area contributed by atoms with Gasteiger partial charge in [-0.3, -0.25) is 0 Å². The fourth-order valence-corrected chi connectivity index (χ4v) is 0. The van der Waals surface area contributed by atoms with E-state index in [0.29, 0.717) is 0 Å². The van der Waals surface area contributed by atoms with Crippen LogP contribution in [0.1, 0.15) is 0 Å². The molecule has 3 nitrogen and oxygen atoms in total. The largest absolute Gasteiger partial charge is 0.503 e. The molecule has 0 aromatic heterocycles. The van der Waals surface area contributed by atoms with E-state index in [2.05, 4.69) is 0 Å². The third-order valence-corrected chi connectivity index (χ3v) is 0. The van der Waals surface area contributed by atoms with Crippen LogP contribution in [0.4, 0.5) is 4.79 Å². The van der Waals surface area contributed by atoms with Gasteiger partial charge >= 0.3 is 6.16 Å². The first-order valence-electron chi connectivity index (χ1n) is 0.651. The first-order valence-corrected chi connectivity index (χ1v) is 0.651. The van der Waals surface area contributed by atoms with Gasteiger partial charge in [0, 0.05) is 58.2 Å². The number of carboxylic acid groups (broad SMARTS) is 2. The Morgan fingerprint density at radius 2 is 1.40 bits per heavy atom. The summed E-state index contributed by atoms with van der Waals surface area (Å²) in [5.74, 6) is 0. The molecule has 0 aliphatic heterocycles. The van der Waals surface area contributed by atoms with Crippen LogP contribution in [0, 0.1) is 0 Å². The maximum Gasteiger partial charge on any atom is 0.503 e. The van der Waals surface area contributed by atoms with Gasteiger partial charge in [0.1, 0.15) is 0 Å². The zero-order valence-corrected chi connectivity index (χ0v) is 7.72. The summed E-state index contributed by atoms with van der Waals surface area (Å²) in [6.45, 7) is 0. The Balaban J connectivity index is 0. The minimum absolute atomic E-state index is 0. The van der Waals surface area contributed by atoms with Crippen molar-refractivity contribution >= 4 is 64.3 Å². The summed E-state index contributed by atoms with van der Waals surface area (Å²) in [6, 6.07) is 0. The van der Waals surface area contributed by atoms with E-state index in [0.717, 1.165) is 0 Å². The average Bonchev–Trinajstić information content (AvgIpc) is 0.811.